The maximum Gasteiger partial charge on any atom is 0.200 e. The van der Waals surface area contributed by atoms with Gasteiger partial charge in [-0.3, -0.25) is 0 Å². The highest BCUT2D eigenvalue weighted by molar-refractivity contribution is 7.15. The third-order valence-electron chi connectivity index (χ3n) is 2.49. The van der Waals surface area contributed by atoms with Gasteiger partial charge < -0.3 is 10.2 Å². The second-order valence-corrected chi connectivity index (χ2v) is 4.64. The second kappa shape index (κ2) is 3.85. The van der Waals surface area contributed by atoms with Gasteiger partial charge in [0.05, 0.1) is 0 Å². The number of rotatable bonds is 2. The van der Waals surface area contributed by atoms with Crippen LogP contribution in [0, 0.1) is 5.82 Å². The zero-order valence-electron chi connectivity index (χ0n) is 8.81. The predicted molar refractivity (Wildman–Crippen MR) is 65.5 cm³/mol. The summed E-state index contributed by atoms with van der Waals surface area (Å²) in [6.07, 6.45) is 0.541. The highest BCUT2D eigenvalue weighted by atomic mass is 32.1. The number of fused-ring (bicyclic) bond motifs is 1. The van der Waals surface area contributed by atoms with Crippen molar-refractivity contribution in [3.05, 3.63) is 46.9 Å². The van der Waals surface area contributed by atoms with Crippen LogP contribution in [-0.2, 0) is 6.42 Å². The molecule has 17 heavy (non-hydrogen) atoms. The second-order valence-electron chi connectivity index (χ2n) is 3.73. The number of aromatic nitrogens is 1. The first kappa shape index (κ1) is 10.3. The molecule has 0 aliphatic heterocycles. The fraction of sp³-hybridized carbons (Fsp3) is 0.0833. The van der Waals surface area contributed by atoms with Crippen LogP contribution in [-0.4, -0.2) is 4.98 Å². The number of halogens is 1. The van der Waals surface area contributed by atoms with E-state index in [9.17, 15) is 4.39 Å². The largest absolute Gasteiger partial charge is 0.437 e. The molecule has 0 spiro atoms. The minimum Gasteiger partial charge on any atom is -0.437 e. The standard InChI is InChI=1S/C12H9FN2OS/c13-8-3-1-7(2-4-8)5-10-15-9-6-17-12(14)11(9)16-10/h1-4,6H,5,14H2. The molecule has 1 aromatic carbocycles. The van der Waals surface area contributed by atoms with Gasteiger partial charge in [-0.25, -0.2) is 9.37 Å². The van der Waals surface area contributed by atoms with E-state index in [1.807, 2.05) is 5.38 Å². The summed E-state index contributed by atoms with van der Waals surface area (Å²) in [7, 11) is 0. The summed E-state index contributed by atoms with van der Waals surface area (Å²) in [6, 6.07) is 6.29. The van der Waals surface area contributed by atoms with Crippen molar-refractivity contribution in [2.45, 2.75) is 6.42 Å². The molecule has 0 saturated carbocycles. The number of nitrogens with two attached hydrogens (primary N) is 1. The Labute approximate surface area is 101 Å². The first-order chi connectivity index (χ1) is 8.22. The van der Waals surface area contributed by atoms with E-state index in [1.165, 1.54) is 23.5 Å². The molecule has 5 heteroatoms. The molecule has 0 bridgehead atoms. The Kier molecular flexibility index (Phi) is 2.33. The van der Waals surface area contributed by atoms with E-state index in [0.29, 0.717) is 22.9 Å². The number of nitrogens with zero attached hydrogens (tertiary/aromatic N) is 1. The number of hydrogen-bond acceptors (Lipinski definition) is 4. The molecule has 0 fully saturated rings. The average Bonchev–Trinajstić information content (AvgIpc) is 2.85. The van der Waals surface area contributed by atoms with Crippen molar-refractivity contribution in [2.75, 3.05) is 5.73 Å². The normalized spacial score (nSPS) is 11.1. The topological polar surface area (TPSA) is 52.0 Å². The Balaban J connectivity index is 1.91. The fourth-order valence-corrected chi connectivity index (χ4v) is 2.31. The molecule has 0 unspecified atom stereocenters. The predicted octanol–water partition coefficient (Wildman–Crippen LogP) is 3.20. The van der Waals surface area contributed by atoms with Gasteiger partial charge in [0, 0.05) is 11.8 Å². The Morgan fingerprint density at radius 3 is 2.76 bits per heavy atom. The summed E-state index contributed by atoms with van der Waals surface area (Å²) < 4.78 is 18.3. The van der Waals surface area contributed by atoms with Crippen LogP contribution in [0.1, 0.15) is 11.5 Å². The lowest BCUT2D eigenvalue weighted by Gasteiger charge is -1.96. The number of hydrogen-bond donors (Lipinski definition) is 1. The molecule has 0 aliphatic carbocycles. The molecule has 3 aromatic rings. The first-order valence-corrected chi connectivity index (χ1v) is 5.97. The van der Waals surface area contributed by atoms with Crippen LogP contribution in [0.25, 0.3) is 11.1 Å². The molecule has 0 radical (unpaired) electrons. The molecule has 0 aliphatic rings. The monoisotopic (exact) mass is 248 g/mol. The molecule has 0 atom stereocenters. The molecule has 0 amide bonds. The van der Waals surface area contributed by atoms with Crippen LogP contribution in [0.4, 0.5) is 9.39 Å². The summed E-state index contributed by atoms with van der Waals surface area (Å²) in [5.74, 6) is 0.354. The third-order valence-corrected chi connectivity index (χ3v) is 3.27. The van der Waals surface area contributed by atoms with Crippen LogP contribution in [0.15, 0.2) is 34.1 Å². The van der Waals surface area contributed by atoms with Crippen LogP contribution in [0.3, 0.4) is 0 Å². The number of anilines is 1. The van der Waals surface area contributed by atoms with E-state index in [1.54, 1.807) is 12.1 Å². The van der Waals surface area contributed by atoms with Crippen molar-refractivity contribution in [2.24, 2.45) is 0 Å². The van der Waals surface area contributed by atoms with Gasteiger partial charge >= 0.3 is 0 Å². The van der Waals surface area contributed by atoms with Crippen molar-refractivity contribution in [3.63, 3.8) is 0 Å². The molecule has 0 saturated heterocycles. The summed E-state index contributed by atoms with van der Waals surface area (Å²) in [5.41, 5.74) is 8.12. The quantitative estimate of drug-likeness (QED) is 0.757. The molecule has 2 N–H and O–H groups in total. The SMILES string of the molecule is Nc1scc2nc(Cc3ccc(F)cc3)oc12. The van der Waals surface area contributed by atoms with Gasteiger partial charge in [-0.05, 0) is 17.7 Å². The van der Waals surface area contributed by atoms with E-state index >= 15 is 0 Å². The maximum absolute atomic E-state index is 12.7. The Morgan fingerprint density at radius 1 is 1.29 bits per heavy atom. The molecular formula is C12H9FN2OS. The number of oxazole rings is 1. The zero-order chi connectivity index (χ0) is 11.8. The Bertz CT molecular complexity index is 657. The first-order valence-electron chi connectivity index (χ1n) is 5.09. The summed E-state index contributed by atoms with van der Waals surface area (Å²) in [5, 5.41) is 2.50. The van der Waals surface area contributed by atoms with Crippen molar-refractivity contribution in [1.82, 2.24) is 4.98 Å². The van der Waals surface area contributed by atoms with Crippen LogP contribution in [0.5, 0.6) is 0 Å². The Hall–Kier alpha value is -1.88. The van der Waals surface area contributed by atoms with Gasteiger partial charge in [0.1, 0.15) is 16.3 Å². The molecule has 2 heterocycles. The van der Waals surface area contributed by atoms with Crippen LogP contribution >= 0.6 is 11.3 Å². The minimum absolute atomic E-state index is 0.244. The fourth-order valence-electron chi connectivity index (χ4n) is 1.66. The van der Waals surface area contributed by atoms with E-state index < -0.39 is 0 Å². The number of benzene rings is 1. The minimum atomic E-state index is -0.244. The third kappa shape index (κ3) is 1.89. The lowest BCUT2D eigenvalue weighted by atomic mass is 10.1. The smallest absolute Gasteiger partial charge is 0.200 e. The summed E-state index contributed by atoms with van der Waals surface area (Å²) in [4.78, 5) is 4.32. The molecule has 2 aromatic heterocycles. The molecule has 3 rings (SSSR count). The van der Waals surface area contributed by atoms with E-state index in [2.05, 4.69) is 4.98 Å². The van der Waals surface area contributed by atoms with Gasteiger partial charge in [-0.15, -0.1) is 11.3 Å². The highest BCUT2D eigenvalue weighted by Gasteiger charge is 2.10. The van der Waals surface area contributed by atoms with Crippen molar-refractivity contribution >= 4 is 27.4 Å². The van der Waals surface area contributed by atoms with Crippen LogP contribution < -0.4 is 5.73 Å². The lowest BCUT2D eigenvalue weighted by Crippen LogP contribution is -1.88. The summed E-state index contributed by atoms with van der Waals surface area (Å²) in [6.45, 7) is 0. The highest BCUT2D eigenvalue weighted by Crippen LogP contribution is 2.29. The number of nitrogen functional groups attached to an aromatic ring is 1. The van der Waals surface area contributed by atoms with Gasteiger partial charge in [-0.1, -0.05) is 12.1 Å². The molecule has 3 nitrogen and oxygen atoms in total. The van der Waals surface area contributed by atoms with Gasteiger partial charge in [0.15, 0.2) is 11.5 Å². The Morgan fingerprint density at radius 2 is 2.06 bits per heavy atom. The van der Waals surface area contributed by atoms with Crippen molar-refractivity contribution in [3.8, 4) is 0 Å². The maximum atomic E-state index is 12.7. The van der Waals surface area contributed by atoms with Crippen molar-refractivity contribution in [1.29, 1.82) is 0 Å². The van der Waals surface area contributed by atoms with Gasteiger partial charge in [0.2, 0.25) is 0 Å². The van der Waals surface area contributed by atoms with E-state index in [0.717, 1.165) is 11.1 Å². The lowest BCUT2D eigenvalue weighted by molar-refractivity contribution is 0.545. The molecule has 86 valence electrons. The average molecular weight is 248 g/mol. The summed E-state index contributed by atoms with van der Waals surface area (Å²) >= 11 is 1.41. The number of thiophene rings is 1. The molecular weight excluding hydrogens is 239 g/mol. The van der Waals surface area contributed by atoms with E-state index in [-0.39, 0.29) is 5.82 Å². The van der Waals surface area contributed by atoms with Gasteiger partial charge in [0.25, 0.3) is 0 Å². The zero-order valence-corrected chi connectivity index (χ0v) is 9.63. The van der Waals surface area contributed by atoms with Gasteiger partial charge in [-0.2, -0.15) is 0 Å². The van der Waals surface area contributed by atoms with E-state index in [4.69, 9.17) is 10.2 Å². The van der Waals surface area contributed by atoms with Crippen molar-refractivity contribution < 1.29 is 8.81 Å². The van der Waals surface area contributed by atoms with Crippen LogP contribution in [0.2, 0.25) is 0 Å².